The summed E-state index contributed by atoms with van der Waals surface area (Å²) in [5.41, 5.74) is 3.54. The molecule has 0 aromatic heterocycles. The van der Waals surface area contributed by atoms with Crippen LogP contribution in [0.3, 0.4) is 0 Å². The summed E-state index contributed by atoms with van der Waals surface area (Å²) < 4.78 is 0. The summed E-state index contributed by atoms with van der Waals surface area (Å²) in [6.07, 6.45) is 2.23. The van der Waals surface area contributed by atoms with E-state index in [0.29, 0.717) is 12.0 Å². The van der Waals surface area contributed by atoms with Crippen LogP contribution in [0.5, 0.6) is 0 Å². The van der Waals surface area contributed by atoms with Gasteiger partial charge in [0.15, 0.2) is 0 Å². The van der Waals surface area contributed by atoms with E-state index in [1.54, 1.807) is 0 Å². The lowest BCUT2D eigenvalue weighted by Crippen LogP contribution is -2.34. The molecule has 1 aliphatic rings. The van der Waals surface area contributed by atoms with E-state index in [0.717, 1.165) is 18.7 Å². The smallest absolute Gasteiger partial charge is 0.0919 e. The standard InChI is InChI=1S/C17H27NO/c1-12(2)10-18(15-6-7-15)11-17(19)16-8-5-13(3)9-14(16)4/h5,8-9,12,15,17,19H,6-7,10-11H2,1-4H3. The van der Waals surface area contributed by atoms with E-state index in [4.69, 9.17) is 0 Å². The summed E-state index contributed by atoms with van der Waals surface area (Å²) in [5, 5.41) is 10.5. The summed E-state index contributed by atoms with van der Waals surface area (Å²) >= 11 is 0. The van der Waals surface area contributed by atoms with Gasteiger partial charge in [-0.25, -0.2) is 0 Å². The fourth-order valence-electron chi connectivity index (χ4n) is 2.80. The Morgan fingerprint density at radius 3 is 2.42 bits per heavy atom. The average molecular weight is 261 g/mol. The van der Waals surface area contributed by atoms with Crippen molar-refractivity contribution in [2.45, 2.75) is 52.7 Å². The van der Waals surface area contributed by atoms with Gasteiger partial charge in [0.05, 0.1) is 6.10 Å². The van der Waals surface area contributed by atoms with Crippen molar-refractivity contribution in [3.8, 4) is 0 Å². The Balaban J connectivity index is 2.03. The number of rotatable bonds is 6. The zero-order valence-corrected chi connectivity index (χ0v) is 12.7. The molecule has 0 spiro atoms. The molecule has 1 aliphatic carbocycles. The van der Waals surface area contributed by atoms with Crippen LogP contribution < -0.4 is 0 Å². The van der Waals surface area contributed by atoms with Crippen molar-refractivity contribution in [3.05, 3.63) is 34.9 Å². The van der Waals surface area contributed by atoms with Crippen LogP contribution in [0.15, 0.2) is 18.2 Å². The third-order valence-electron chi connectivity index (χ3n) is 3.85. The Hall–Kier alpha value is -0.860. The molecule has 0 aliphatic heterocycles. The Bertz CT molecular complexity index is 423. The molecule has 19 heavy (non-hydrogen) atoms. The highest BCUT2D eigenvalue weighted by atomic mass is 16.3. The fraction of sp³-hybridized carbons (Fsp3) is 0.647. The summed E-state index contributed by atoms with van der Waals surface area (Å²) in [6.45, 7) is 10.5. The number of aliphatic hydroxyl groups is 1. The van der Waals surface area contributed by atoms with Crippen LogP contribution in [-0.4, -0.2) is 29.1 Å². The predicted octanol–water partition coefficient (Wildman–Crippen LogP) is 3.46. The molecule has 106 valence electrons. The van der Waals surface area contributed by atoms with Gasteiger partial charge < -0.3 is 5.11 Å². The molecule has 2 rings (SSSR count). The van der Waals surface area contributed by atoms with Crippen LogP contribution >= 0.6 is 0 Å². The van der Waals surface area contributed by atoms with E-state index in [1.807, 2.05) is 0 Å². The van der Waals surface area contributed by atoms with Crippen molar-refractivity contribution in [3.63, 3.8) is 0 Å². The highest BCUT2D eigenvalue weighted by Gasteiger charge is 2.30. The molecule has 0 radical (unpaired) electrons. The van der Waals surface area contributed by atoms with Crippen LogP contribution in [0, 0.1) is 19.8 Å². The van der Waals surface area contributed by atoms with Crippen molar-refractivity contribution < 1.29 is 5.11 Å². The van der Waals surface area contributed by atoms with Crippen molar-refractivity contribution >= 4 is 0 Å². The third kappa shape index (κ3) is 4.05. The van der Waals surface area contributed by atoms with E-state index in [1.165, 1.54) is 24.0 Å². The summed E-state index contributed by atoms with van der Waals surface area (Å²) in [7, 11) is 0. The average Bonchev–Trinajstić information content (AvgIpc) is 3.10. The van der Waals surface area contributed by atoms with Crippen molar-refractivity contribution in [1.82, 2.24) is 4.90 Å². The second-order valence-corrected chi connectivity index (χ2v) is 6.45. The fourth-order valence-corrected chi connectivity index (χ4v) is 2.80. The van der Waals surface area contributed by atoms with Gasteiger partial charge >= 0.3 is 0 Å². The largest absolute Gasteiger partial charge is 0.387 e. The second-order valence-electron chi connectivity index (χ2n) is 6.45. The first-order chi connectivity index (χ1) is 8.97. The van der Waals surface area contributed by atoms with E-state index in [2.05, 4.69) is 50.8 Å². The first kappa shape index (κ1) is 14.5. The van der Waals surface area contributed by atoms with Gasteiger partial charge in [-0.05, 0) is 43.7 Å². The van der Waals surface area contributed by atoms with Gasteiger partial charge in [-0.3, -0.25) is 4.90 Å². The molecule has 1 aromatic carbocycles. The van der Waals surface area contributed by atoms with Crippen LogP contribution in [0.25, 0.3) is 0 Å². The predicted molar refractivity (Wildman–Crippen MR) is 80.3 cm³/mol. The van der Waals surface area contributed by atoms with Crippen molar-refractivity contribution in [2.24, 2.45) is 5.92 Å². The van der Waals surface area contributed by atoms with Gasteiger partial charge in [-0.1, -0.05) is 37.6 Å². The second kappa shape index (κ2) is 6.06. The number of nitrogens with zero attached hydrogens (tertiary/aromatic N) is 1. The quantitative estimate of drug-likeness (QED) is 0.847. The highest BCUT2D eigenvalue weighted by molar-refractivity contribution is 5.32. The van der Waals surface area contributed by atoms with Crippen LogP contribution in [0.4, 0.5) is 0 Å². The number of aryl methyl sites for hydroxylation is 2. The Labute approximate surface area is 117 Å². The van der Waals surface area contributed by atoms with Gasteiger partial charge in [0, 0.05) is 19.1 Å². The maximum absolute atomic E-state index is 10.5. The molecule has 0 saturated heterocycles. The Kier molecular flexibility index (Phi) is 4.64. The van der Waals surface area contributed by atoms with Gasteiger partial charge in [0.25, 0.3) is 0 Å². The number of aliphatic hydroxyl groups excluding tert-OH is 1. The molecule has 2 nitrogen and oxygen atoms in total. The normalized spacial score (nSPS) is 17.2. The lowest BCUT2D eigenvalue weighted by molar-refractivity contribution is 0.101. The van der Waals surface area contributed by atoms with E-state index >= 15 is 0 Å². The van der Waals surface area contributed by atoms with Gasteiger partial charge in [-0.15, -0.1) is 0 Å². The zero-order chi connectivity index (χ0) is 14.0. The topological polar surface area (TPSA) is 23.5 Å². The lowest BCUT2D eigenvalue weighted by Gasteiger charge is -2.27. The molecule has 1 atom stereocenters. The lowest BCUT2D eigenvalue weighted by atomic mass is 10.0. The van der Waals surface area contributed by atoms with E-state index in [9.17, 15) is 5.11 Å². The van der Waals surface area contributed by atoms with Crippen LogP contribution in [-0.2, 0) is 0 Å². The van der Waals surface area contributed by atoms with Gasteiger partial charge in [-0.2, -0.15) is 0 Å². The maximum atomic E-state index is 10.5. The molecular weight excluding hydrogens is 234 g/mol. The van der Waals surface area contributed by atoms with E-state index in [-0.39, 0.29) is 6.10 Å². The molecule has 0 bridgehead atoms. The Morgan fingerprint density at radius 1 is 1.21 bits per heavy atom. The minimum absolute atomic E-state index is 0.361. The summed E-state index contributed by atoms with van der Waals surface area (Å²) in [4.78, 5) is 2.47. The highest BCUT2D eigenvalue weighted by Crippen LogP contribution is 2.30. The molecule has 1 saturated carbocycles. The molecule has 1 fully saturated rings. The van der Waals surface area contributed by atoms with Crippen molar-refractivity contribution in [2.75, 3.05) is 13.1 Å². The molecule has 1 N–H and O–H groups in total. The molecule has 1 unspecified atom stereocenters. The SMILES string of the molecule is Cc1ccc(C(O)CN(CC(C)C)C2CC2)c(C)c1. The minimum atomic E-state index is -0.361. The van der Waals surface area contributed by atoms with Gasteiger partial charge in [0.1, 0.15) is 0 Å². The molecule has 2 heteroatoms. The molecular formula is C17H27NO. The van der Waals surface area contributed by atoms with Crippen LogP contribution in [0.2, 0.25) is 0 Å². The first-order valence-corrected chi connectivity index (χ1v) is 7.46. The molecule has 1 aromatic rings. The van der Waals surface area contributed by atoms with Gasteiger partial charge in [0.2, 0.25) is 0 Å². The third-order valence-corrected chi connectivity index (χ3v) is 3.85. The zero-order valence-electron chi connectivity index (χ0n) is 12.7. The summed E-state index contributed by atoms with van der Waals surface area (Å²) in [6, 6.07) is 7.04. The Morgan fingerprint density at radius 2 is 1.89 bits per heavy atom. The number of benzene rings is 1. The molecule has 0 amide bonds. The van der Waals surface area contributed by atoms with Crippen molar-refractivity contribution in [1.29, 1.82) is 0 Å². The maximum Gasteiger partial charge on any atom is 0.0919 e. The summed E-state index contributed by atoms with van der Waals surface area (Å²) in [5.74, 6) is 0.659. The first-order valence-electron chi connectivity index (χ1n) is 7.46. The number of hydrogen-bond donors (Lipinski definition) is 1. The monoisotopic (exact) mass is 261 g/mol. The van der Waals surface area contributed by atoms with Crippen LogP contribution in [0.1, 0.15) is 49.5 Å². The molecule has 0 heterocycles. The number of hydrogen-bond acceptors (Lipinski definition) is 2. The minimum Gasteiger partial charge on any atom is -0.387 e. The van der Waals surface area contributed by atoms with E-state index < -0.39 is 0 Å².